The highest BCUT2D eigenvalue weighted by molar-refractivity contribution is 6.09. The van der Waals surface area contributed by atoms with Gasteiger partial charge in [-0.15, -0.1) is 0 Å². The maximum atomic E-state index is 13.6. The molecule has 0 aliphatic carbocycles. The average Bonchev–Trinajstić information content (AvgIpc) is 3.33. The van der Waals surface area contributed by atoms with Crippen LogP contribution in [0, 0.1) is 11.3 Å². The van der Waals surface area contributed by atoms with Gasteiger partial charge in [0, 0.05) is 61.2 Å². The van der Waals surface area contributed by atoms with Crippen molar-refractivity contribution in [3.8, 4) is 23.2 Å². The van der Waals surface area contributed by atoms with Gasteiger partial charge in [-0.2, -0.15) is 10.4 Å². The Hall–Kier alpha value is -5.01. The van der Waals surface area contributed by atoms with E-state index < -0.39 is 5.91 Å². The zero-order valence-electron chi connectivity index (χ0n) is 21.3. The first-order chi connectivity index (χ1) is 19.0. The van der Waals surface area contributed by atoms with E-state index in [1.165, 1.54) is 6.07 Å². The molecule has 3 N–H and O–H groups in total. The minimum atomic E-state index is -0.416. The highest BCUT2D eigenvalue weighted by Gasteiger charge is 2.23. The molecule has 3 aromatic carbocycles. The number of fused-ring (bicyclic) bond motifs is 2. The van der Waals surface area contributed by atoms with E-state index in [2.05, 4.69) is 31.7 Å². The van der Waals surface area contributed by atoms with Gasteiger partial charge in [0.1, 0.15) is 17.3 Å². The highest BCUT2D eigenvalue weighted by atomic mass is 16.3. The van der Waals surface area contributed by atoms with E-state index in [1.54, 1.807) is 23.0 Å². The summed E-state index contributed by atoms with van der Waals surface area (Å²) in [5.74, 6) is 0.667. The number of nitrogens with zero attached hydrogens (tertiary/aromatic N) is 6. The summed E-state index contributed by atoms with van der Waals surface area (Å²) in [6.07, 6.45) is 2.18. The third-order valence-electron chi connectivity index (χ3n) is 6.96. The van der Waals surface area contributed by atoms with Crippen molar-refractivity contribution in [1.82, 2.24) is 25.1 Å². The van der Waals surface area contributed by atoms with Gasteiger partial charge >= 0.3 is 0 Å². The SMILES string of the molecule is Cn1ncc2ccc(-c3nc(C(=O)Nc4cc(O)cc5ccccc45)cc(N4CCN[C@@H](CC#N)C4)n3)cc21. The number of phenolic OH excluding ortho intramolecular Hbond substituents is 1. The summed E-state index contributed by atoms with van der Waals surface area (Å²) in [6.45, 7) is 1.96. The predicted octanol–water partition coefficient (Wildman–Crippen LogP) is 3.83. The fourth-order valence-electron chi connectivity index (χ4n) is 4.99. The molecular formula is C29H26N8O2. The normalized spacial score (nSPS) is 15.4. The van der Waals surface area contributed by atoms with Crippen LogP contribution in [0.3, 0.4) is 0 Å². The number of nitriles is 1. The standard InChI is InChI=1S/C29H26N8O2/c1-36-26-13-19(6-7-20(26)16-32-36)28-33-25(15-27(35-28)37-11-10-31-21(17-37)8-9-30)29(39)34-24-14-22(38)12-18-4-2-3-5-23(18)24/h2-7,12-16,21,31,38H,8,10-11,17H2,1H3,(H,34,39)/t21-/m0/s1. The average molecular weight is 519 g/mol. The third kappa shape index (κ3) is 4.83. The number of carbonyl (C=O) groups is 1. The number of anilines is 2. The Bertz CT molecular complexity index is 1760. The van der Waals surface area contributed by atoms with Gasteiger partial charge in [0.25, 0.3) is 5.91 Å². The zero-order chi connectivity index (χ0) is 26.9. The number of piperazine rings is 1. The second-order valence-electron chi connectivity index (χ2n) is 9.60. The van der Waals surface area contributed by atoms with Gasteiger partial charge in [-0.05, 0) is 17.5 Å². The molecule has 3 heterocycles. The van der Waals surface area contributed by atoms with Gasteiger partial charge in [-0.25, -0.2) is 9.97 Å². The van der Waals surface area contributed by atoms with Gasteiger partial charge in [-0.3, -0.25) is 9.48 Å². The summed E-state index contributed by atoms with van der Waals surface area (Å²) in [7, 11) is 1.87. The molecule has 0 bridgehead atoms. The summed E-state index contributed by atoms with van der Waals surface area (Å²) >= 11 is 0. The van der Waals surface area contributed by atoms with Crippen LogP contribution in [-0.4, -0.2) is 56.4 Å². The molecule has 1 aliphatic heterocycles. The van der Waals surface area contributed by atoms with Crippen molar-refractivity contribution in [2.45, 2.75) is 12.5 Å². The Morgan fingerprint density at radius 3 is 2.90 bits per heavy atom. The maximum absolute atomic E-state index is 13.6. The van der Waals surface area contributed by atoms with E-state index in [-0.39, 0.29) is 17.5 Å². The molecule has 5 aromatic rings. The molecule has 10 heteroatoms. The van der Waals surface area contributed by atoms with E-state index >= 15 is 0 Å². The van der Waals surface area contributed by atoms with E-state index in [9.17, 15) is 15.2 Å². The highest BCUT2D eigenvalue weighted by Crippen LogP contribution is 2.30. The van der Waals surface area contributed by atoms with Gasteiger partial charge in [0.05, 0.1) is 29.9 Å². The Kier molecular flexibility index (Phi) is 6.26. The molecule has 1 atom stereocenters. The van der Waals surface area contributed by atoms with Crippen LogP contribution in [-0.2, 0) is 7.05 Å². The lowest BCUT2D eigenvalue weighted by molar-refractivity contribution is 0.102. The van der Waals surface area contributed by atoms with Crippen LogP contribution >= 0.6 is 0 Å². The van der Waals surface area contributed by atoms with Crippen LogP contribution in [0.5, 0.6) is 5.75 Å². The maximum Gasteiger partial charge on any atom is 0.274 e. The first-order valence-electron chi connectivity index (χ1n) is 12.7. The van der Waals surface area contributed by atoms with Crippen LogP contribution in [0.25, 0.3) is 33.1 Å². The number of rotatable bonds is 5. The fraction of sp³-hybridized carbons (Fsp3) is 0.207. The van der Waals surface area contributed by atoms with Crippen molar-refractivity contribution in [3.63, 3.8) is 0 Å². The number of aromatic hydroxyl groups is 1. The summed E-state index contributed by atoms with van der Waals surface area (Å²) in [5.41, 5.74) is 2.37. The number of benzene rings is 3. The first-order valence-corrected chi connectivity index (χ1v) is 12.7. The second-order valence-corrected chi connectivity index (χ2v) is 9.60. The molecule has 1 amide bonds. The summed E-state index contributed by atoms with van der Waals surface area (Å²) in [5, 5.41) is 32.7. The number of amides is 1. The van der Waals surface area contributed by atoms with Crippen molar-refractivity contribution in [2.75, 3.05) is 29.9 Å². The molecule has 0 saturated carbocycles. The Balaban J connectivity index is 1.42. The smallest absolute Gasteiger partial charge is 0.274 e. The van der Waals surface area contributed by atoms with Gasteiger partial charge in [-0.1, -0.05) is 36.4 Å². The van der Waals surface area contributed by atoms with Crippen LogP contribution in [0.2, 0.25) is 0 Å². The summed E-state index contributed by atoms with van der Waals surface area (Å²) in [4.78, 5) is 25.2. The van der Waals surface area contributed by atoms with Gasteiger partial charge < -0.3 is 20.6 Å². The van der Waals surface area contributed by atoms with Crippen LogP contribution in [0.1, 0.15) is 16.9 Å². The molecule has 2 aromatic heterocycles. The van der Waals surface area contributed by atoms with Crippen LogP contribution in [0.15, 0.2) is 66.9 Å². The fourth-order valence-corrected chi connectivity index (χ4v) is 4.99. The molecule has 10 nitrogen and oxygen atoms in total. The number of nitrogens with one attached hydrogen (secondary N) is 2. The Morgan fingerprint density at radius 2 is 2.03 bits per heavy atom. The number of carbonyl (C=O) groups excluding carboxylic acids is 1. The molecule has 39 heavy (non-hydrogen) atoms. The third-order valence-corrected chi connectivity index (χ3v) is 6.96. The molecule has 1 aliphatic rings. The van der Waals surface area contributed by atoms with Crippen molar-refractivity contribution in [1.29, 1.82) is 5.26 Å². The van der Waals surface area contributed by atoms with E-state index in [0.717, 1.165) is 27.2 Å². The minimum absolute atomic E-state index is 0.00360. The Morgan fingerprint density at radius 1 is 1.15 bits per heavy atom. The molecule has 0 unspecified atom stereocenters. The Labute approximate surface area is 224 Å². The van der Waals surface area contributed by atoms with E-state index in [1.807, 2.05) is 49.5 Å². The lowest BCUT2D eigenvalue weighted by atomic mass is 10.1. The molecule has 6 rings (SSSR count). The van der Waals surface area contributed by atoms with E-state index in [4.69, 9.17) is 4.98 Å². The lowest BCUT2D eigenvalue weighted by Gasteiger charge is -2.33. The largest absolute Gasteiger partial charge is 0.508 e. The molecule has 0 radical (unpaired) electrons. The zero-order valence-corrected chi connectivity index (χ0v) is 21.3. The lowest BCUT2D eigenvalue weighted by Crippen LogP contribution is -2.51. The number of phenols is 1. The minimum Gasteiger partial charge on any atom is -0.508 e. The quantitative estimate of drug-likeness (QED) is 0.320. The second kappa shape index (κ2) is 10.0. The number of hydrogen-bond donors (Lipinski definition) is 3. The first kappa shape index (κ1) is 24.3. The molecule has 194 valence electrons. The monoisotopic (exact) mass is 518 g/mol. The van der Waals surface area contributed by atoms with E-state index in [0.29, 0.717) is 43.4 Å². The summed E-state index contributed by atoms with van der Waals surface area (Å²) in [6, 6.07) is 20.5. The van der Waals surface area contributed by atoms with Gasteiger partial charge in [0.2, 0.25) is 0 Å². The molecular weight excluding hydrogens is 492 g/mol. The van der Waals surface area contributed by atoms with Crippen LogP contribution < -0.4 is 15.5 Å². The topological polar surface area (TPSA) is 132 Å². The molecule has 0 spiro atoms. The number of aromatic nitrogens is 4. The number of aryl methyl sites for hydroxylation is 1. The van der Waals surface area contributed by atoms with Crippen molar-refractivity contribution < 1.29 is 9.90 Å². The summed E-state index contributed by atoms with van der Waals surface area (Å²) < 4.78 is 1.78. The molecule has 1 fully saturated rings. The number of hydrogen-bond acceptors (Lipinski definition) is 8. The van der Waals surface area contributed by atoms with Crippen molar-refractivity contribution in [2.24, 2.45) is 7.05 Å². The molecule has 1 saturated heterocycles. The van der Waals surface area contributed by atoms with Crippen molar-refractivity contribution >= 4 is 39.1 Å². The van der Waals surface area contributed by atoms with Crippen molar-refractivity contribution in [3.05, 3.63) is 72.6 Å². The van der Waals surface area contributed by atoms with Gasteiger partial charge in [0.15, 0.2) is 5.82 Å². The van der Waals surface area contributed by atoms with Crippen LogP contribution in [0.4, 0.5) is 11.5 Å². The predicted molar refractivity (Wildman–Crippen MR) is 150 cm³/mol.